The second-order valence-corrected chi connectivity index (χ2v) is 5.84. The van der Waals surface area contributed by atoms with Gasteiger partial charge in [-0.05, 0) is 25.0 Å². The van der Waals surface area contributed by atoms with Crippen molar-refractivity contribution in [3.8, 4) is 11.6 Å². The summed E-state index contributed by atoms with van der Waals surface area (Å²) in [6, 6.07) is 7.17. The molecule has 6 heteroatoms. The lowest BCUT2D eigenvalue weighted by molar-refractivity contribution is -0.122. The van der Waals surface area contributed by atoms with Crippen molar-refractivity contribution >= 4 is 11.6 Å². The van der Waals surface area contributed by atoms with E-state index in [2.05, 4.69) is 15.3 Å². The highest BCUT2D eigenvalue weighted by molar-refractivity contribution is 5.98. The molecule has 2 aromatic rings. The van der Waals surface area contributed by atoms with Gasteiger partial charge in [0.25, 0.3) is 0 Å². The Hall–Kier alpha value is -2.47. The van der Waals surface area contributed by atoms with Crippen molar-refractivity contribution in [2.45, 2.75) is 37.6 Å². The summed E-state index contributed by atoms with van der Waals surface area (Å²) in [6.45, 7) is 0. The zero-order valence-corrected chi connectivity index (χ0v) is 12.9. The number of amides is 1. The van der Waals surface area contributed by atoms with Crippen molar-refractivity contribution in [3.63, 3.8) is 0 Å². The summed E-state index contributed by atoms with van der Waals surface area (Å²) in [5.74, 6) is 0.852. The van der Waals surface area contributed by atoms with Gasteiger partial charge in [-0.3, -0.25) is 9.78 Å². The molecule has 0 bridgehead atoms. The molecule has 1 aliphatic rings. The molecule has 0 unspecified atom stereocenters. The summed E-state index contributed by atoms with van der Waals surface area (Å²) in [5.41, 5.74) is 6.15. The Balaban J connectivity index is 1.69. The predicted octanol–water partition coefficient (Wildman–Crippen LogP) is 2.87. The zero-order chi connectivity index (χ0) is 16.1. The summed E-state index contributed by atoms with van der Waals surface area (Å²) < 4.78 is 5.62. The molecular weight excluding hydrogens is 292 g/mol. The number of hydrogen-bond acceptors (Lipinski definition) is 5. The van der Waals surface area contributed by atoms with Crippen molar-refractivity contribution in [1.82, 2.24) is 9.97 Å². The van der Waals surface area contributed by atoms with Crippen molar-refractivity contribution in [2.24, 2.45) is 5.73 Å². The topological polar surface area (TPSA) is 90.1 Å². The fraction of sp³-hybridized carbons (Fsp3) is 0.353. The quantitative estimate of drug-likeness (QED) is 0.906. The molecule has 1 aromatic carbocycles. The zero-order valence-electron chi connectivity index (χ0n) is 12.9. The van der Waals surface area contributed by atoms with Gasteiger partial charge in [0.05, 0.1) is 11.7 Å². The average Bonchev–Trinajstić information content (AvgIpc) is 2.57. The molecule has 0 radical (unpaired) electrons. The van der Waals surface area contributed by atoms with Crippen molar-refractivity contribution in [3.05, 3.63) is 42.9 Å². The molecule has 1 heterocycles. The highest BCUT2D eigenvalue weighted by Gasteiger charge is 2.35. The first kappa shape index (κ1) is 15.4. The monoisotopic (exact) mass is 312 g/mol. The standard InChI is InChI=1S/C17H20N4O2/c18-17(7-2-1-3-8-17)16(22)21-13-5-4-6-14(11-13)23-15-12-19-9-10-20-15/h4-6,9-12H,1-3,7-8,18H2,(H,21,22). The van der Waals surface area contributed by atoms with Gasteiger partial charge in [-0.1, -0.05) is 25.3 Å². The van der Waals surface area contributed by atoms with Crippen LogP contribution in [0.1, 0.15) is 32.1 Å². The molecule has 1 fully saturated rings. The van der Waals surface area contributed by atoms with Gasteiger partial charge in [0.2, 0.25) is 11.8 Å². The Morgan fingerprint density at radius 1 is 1.22 bits per heavy atom. The maximum atomic E-state index is 12.5. The molecular formula is C17H20N4O2. The van der Waals surface area contributed by atoms with Gasteiger partial charge < -0.3 is 15.8 Å². The molecule has 6 nitrogen and oxygen atoms in total. The summed E-state index contributed by atoms with van der Waals surface area (Å²) in [7, 11) is 0. The minimum atomic E-state index is -0.764. The van der Waals surface area contributed by atoms with Crippen LogP contribution in [0.25, 0.3) is 0 Å². The summed E-state index contributed by atoms with van der Waals surface area (Å²) in [4.78, 5) is 20.5. The molecule has 0 saturated heterocycles. The van der Waals surface area contributed by atoms with Crippen LogP contribution in [0, 0.1) is 0 Å². The van der Waals surface area contributed by atoms with Crippen LogP contribution in [-0.2, 0) is 4.79 Å². The number of ether oxygens (including phenoxy) is 1. The molecule has 0 atom stereocenters. The lowest BCUT2D eigenvalue weighted by Crippen LogP contribution is -2.52. The van der Waals surface area contributed by atoms with Crippen molar-refractivity contribution in [2.75, 3.05) is 5.32 Å². The van der Waals surface area contributed by atoms with E-state index < -0.39 is 5.54 Å². The van der Waals surface area contributed by atoms with Gasteiger partial charge in [0.1, 0.15) is 5.75 Å². The molecule has 1 saturated carbocycles. The molecule has 3 rings (SSSR count). The minimum absolute atomic E-state index is 0.131. The number of aromatic nitrogens is 2. The van der Waals surface area contributed by atoms with Gasteiger partial charge in [-0.2, -0.15) is 0 Å². The Morgan fingerprint density at radius 2 is 2.04 bits per heavy atom. The van der Waals surface area contributed by atoms with Gasteiger partial charge in [-0.25, -0.2) is 4.98 Å². The summed E-state index contributed by atoms with van der Waals surface area (Å²) in [5, 5.41) is 2.90. The number of carbonyl (C=O) groups is 1. The Kier molecular flexibility index (Phi) is 4.52. The van der Waals surface area contributed by atoms with Crippen LogP contribution in [0.2, 0.25) is 0 Å². The fourth-order valence-electron chi connectivity index (χ4n) is 2.76. The molecule has 3 N–H and O–H groups in total. The molecule has 120 valence electrons. The average molecular weight is 312 g/mol. The van der Waals surface area contributed by atoms with E-state index in [0.29, 0.717) is 17.3 Å². The normalized spacial score (nSPS) is 16.6. The van der Waals surface area contributed by atoms with E-state index in [0.717, 1.165) is 32.1 Å². The number of hydrogen-bond donors (Lipinski definition) is 2. The van der Waals surface area contributed by atoms with Crippen LogP contribution < -0.4 is 15.8 Å². The van der Waals surface area contributed by atoms with E-state index >= 15 is 0 Å². The smallest absolute Gasteiger partial charge is 0.244 e. The number of anilines is 1. The molecule has 1 aromatic heterocycles. The Morgan fingerprint density at radius 3 is 2.78 bits per heavy atom. The van der Waals surface area contributed by atoms with E-state index in [9.17, 15) is 4.79 Å². The highest BCUT2D eigenvalue weighted by Crippen LogP contribution is 2.28. The van der Waals surface area contributed by atoms with Crippen LogP contribution in [0.4, 0.5) is 5.69 Å². The molecule has 23 heavy (non-hydrogen) atoms. The van der Waals surface area contributed by atoms with Crippen LogP contribution in [-0.4, -0.2) is 21.4 Å². The number of nitrogens with one attached hydrogen (secondary N) is 1. The predicted molar refractivity (Wildman–Crippen MR) is 87.2 cm³/mol. The van der Waals surface area contributed by atoms with E-state index in [4.69, 9.17) is 10.5 Å². The number of rotatable bonds is 4. The largest absolute Gasteiger partial charge is 0.437 e. The molecule has 1 aliphatic carbocycles. The summed E-state index contributed by atoms with van der Waals surface area (Å²) >= 11 is 0. The third-order valence-electron chi connectivity index (χ3n) is 4.05. The third kappa shape index (κ3) is 3.84. The second-order valence-electron chi connectivity index (χ2n) is 5.84. The third-order valence-corrected chi connectivity index (χ3v) is 4.05. The van der Waals surface area contributed by atoms with Crippen molar-refractivity contribution < 1.29 is 9.53 Å². The lowest BCUT2D eigenvalue weighted by atomic mass is 9.82. The molecule has 1 amide bonds. The number of nitrogens with zero attached hydrogens (tertiary/aromatic N) is 2. The van der Waals surface area contributed by atoms with Gasteiger partial charge in [-0.15, -0.1) is 0 Å². The van der Waals surface area contributed by atoms with Gasteiger partial charge in [0, 0.05) is 24.1 Å². The van der Waals surface area contributed by atoms with E-state index in [1.165, 1.54) is 6.20 Å². The first-order chi connectivity index (χ1) is 11.2. The van der Waals surface area contributed by atoms with Gasteiger partial charge in [0.15, 0.2) is 0 Å². The van der Waals surface area contributed by atoms with Crippen LogP contribution in [0.5, 0.6) is 11.6 Å². The Bertz CT molecular complexity index is 669. The molecule has 0 aliphatic heterocycles. The second kappa shape index (κ2) is 6.75. The van der Waals surface area contributed by atoms with E-state index in [1.807, 2.05) is 12.1 Å². The number of benzene rings is 1. The van der Waals surface area contributed by atoms with E-state index in [-0.39, 0.29) is 5.91 Å². The van der Waals surface area contributed by atoms with Gasteiger partial charge >= 0.3 is 0 Å². The lowest BCUT2D eigenvalue weighted by Gasteiger charge is -2.31. The number of nitrogens with two attached hydrogens (primary N) is 1. The first-order valence-corrected chi connectivity index (χ1v) is 7.80. The fourth-order valence-corrected chi connectivity index (χ4v) is 2.76. The van der Waals surface area contributed by atoms with Crippen LogP contribution in [0.3, 0.4) is 0 Å². The SMILES string of the molecule is NC1(C(=O)Nc2cccc(Oc3cnccn3)c2)CCCCC1. The van der Waals surface area contributed by atoms with Crippen LogP contribution >= 0.6 is 0 Å². The first-order valence-electron chi connectivity index (χ1n) is 7.80. The summed E-state index contributed by atoms with van der Waals surface area (Å²) in [6.07, 6.45) is 9.27. The van der Waals surface area contributed by atoms with Crippen molar-refractivity contribution in [1.29, 1.82) is 0 Å². The number of carbonyl (C=O) groups excluding carboxylic acids is 1. The maximum absolute atomic E-state index is 12.5. The highest BCUT2D eigenvalue weighted by atomic mass is 16.5. The Labute approximate surface area is 135 Å². The van der Waals surface area contributed by atoms with E-state index in [1.54, 1.807) is 24.5 Å². The minimum Gasteiger partial charge on any atom is -0.437 e. The maximum Gasteiger partial charge on any atom is 0.244 e. The molecule has 0 spiro atoms. The van der Waals surface area contributed by atoms with Crippen LogP contribution in [0.15, 0.2) is 42.9 Å².